The van der Waals surface area contributed by atoms with Gasteiger partial charge in [0.15, 0.2) is 0 Å². The molecule has 33 heavy (non-hydrogen) atoms. The predicted octanol–water partition coefficient (Wildman–Crippen LogP) is 4.37. The summed E-state index contributed by atoms with van der Waals surface area (Å²) in [5, 5.41) is 4.66. The molecular formula is C24H32Cl2N6O. The number of primary amides is 1. The van der Waals surface area contributed by atoms with Crippen LogP contribution in [-0.2, 0) is 4.79 Å². The van der Waals surface area contributed by atoms with Crippen LogP contribution in [0.25, 0.3) is 0 Å². The average molecular weight is 491 g/mol. The molecule has 0 bridgehead atoms. The minimum atomic E-state index is -0.207. The lowest BCUT2D eigenvalue weighted by Gasteiger charge is -2.47. The van der Waals surface area contributed by atoms with Crippen LogP contribution in [-0.4, -0.2) is 53.5 Å². The van der Waals surface area contributed by atoms with E-state index in [1.54, 1.807) is 12.3 Å². The molecule has 2 aliphatic rings. The number of hydrogen-bond acceptors (Lipinski definition) is 6. The van der Waals surface area contributed by atoms with Gasteiger partial charge in [0.25, 0.3) is 0 Å². The first-order valence-corrected chi connectivity index (χ1v) is 12.4. The molecule has 2 aliphatic heterocycles. The Balaban J connectivity index is 1.29. The van der Waals surface area contributed by atoms with Gasteiger partial charge in [0, 0.05) is 36.1 Å². The van der Waals surface area contributed by atoms with E-state index in [1.165, 1.54) is 12.8 Å². The number of halogens is 2. The Labute approximate surface area is 205 Å². The fourth-order valence-corrected chi connectivity index (χ4v) is 5.46. The normalized spacial score (nSPS) is 20.3. The molecule has 2 aromatic rings. The molecule has 4 rings (SSSR count). The summed E-state index contributed by atoms with van der Waals surface area (Å²) >= 11 is 12.4. The number of aromatic nitrogens is 2. The lowest BCUT2D eigenvalue weighted by Crippen LogP contribution is -2.54. The predicted molar refractivity (Wildman–Crippen MR) is 134 cm³/mol. The van der Waals surface area contributed by atoms with Gasteiger partial charge in [-0.1, -0.05) is 29.3 Å². The highest BCUT2D eigenvalue weighted by atomic mass is 35.5. The summed E-state index contributed by atoms with van der Waals surface area (Å²) in [4.78, 5) is 25.0. The highest BCUT2D eigenvalue weighted by molar-refractivity contribution is 6.35. The molecule has 0 unspecified atom stereocenters. The number of carbonyl (C=O) groups excluding carboxylic acids is 1. The van der Waals surface area contributed by atoms with Gasteiger partial charge in [0.2, 0.25) is 5.91 Å². The number of amides is 1. The van der Waals surface area contributed by atoms with Crippen molar-refractivity contribution >= 4 is 40.7 Å². The van der Waals surface area contributed by atoms with Crippen LogP contribution >= 0.6 is 23.2 Å². The first-order chi connectivity index (χ1) is 15.9. The Bertz CT molecular complexity index is 968. The topological polar surface area (TPSA) is 87.4 Å². The van der Waals surface area contributed by atoms with E-state index in [2.05, 4.69) is 20.1 Å². The molecule has 2 saturated heterocycles. The van der Waals surface area contributed by atoms with Gasteiger partial charge in [-0.05, 0) is 68.8 Å². The molecule has 0 saturated carbocycles. The summed E-state index contributed by atoms with van der Waals surface area (Å²) in [6.45, 7) is 7.27. The van der Waals surface area contributed by atoms with Crippen molar-refractivity contribution in [1.82, 2.24) is 14.9 Å². The van der Waals surface area contributed by atoms with Crippen LogP contribution in [0.15, 0.2) is 30.6 Å². The molecule has 3 N–H and O–H groups in total. The Morgan fingerprint density at radius 1 is 1.24 bits per heavy atom. The van der Waals surface area contributed by atoms with Gasteiger partial charge in [-0.15, -0.1) is 0 Å². The van der Waals surface area contributed by atoms with Crippen LogP contribution in [0.2, 0.25) is 10.0 Å². The maximum Gasteiger partial charge on any atom is 0.217 e. The van der Waals surface area contributed by atoms with Crippen molar-refractivity contribution in [2.24, 2.45) is 17.6 Å². The minimum absolute atomic E-state index is 0.0220. The van der Waals surface area contributed by atoms with Crippen LogP contribution in [0.1, 0.15) is 44.2 Å². The molecule has 9 heteroatoms. The van der Waals surface area contributed by atoms with Crippen LogP contribution in [0.4, 0.5) is 11.6 Å². The largest absolute Gasteiger partial charge is 0.370 e. The van der Waals surface area contributed by atoms with Crippen molar-refractivity contribution in [1.29, 1.82) is 0 Å². The second kappa shape index (κ2) is 10.9. The Kier molecular flexibility index (Phi) is 7.94. The molecule has 0 spiro atoms. The van der Waals surface area contributed by atoms with Crippen LogP contribution in [0.3, 0.4) is 0 Å². The number of hydrogen-bond donors (Lipinski definition) is 2. The Morgan fingerprint density at radius 2 is 2.06 bits per heavy atom. The molecule has 1 aromatic carbocycles. The van der Waals surface area contributed by atoms with Gasteiger partial charge >= 0.3 is 0 Å². The Morgan fingerprint density at radius 3 is 2.82 bits per heavy atom. The van der Waals surface area contributed by atoms with Crippen LogP contribution in [0, 0.1) is 11.8 Å². The minimum Gasteiger partial charge on any atom is -0.370 e. The van der Waals surface area contributed by atoms with E-state index < -0.39 is 0 Å². The molecule has 3 heterocycles. The summed E-state index contributed by atoms with van der Waals surface area (Å²) in [5.74, 6) is 2.80. The molecule has 2 fully saturated rings. The van der Waals surface area contributed by atoms with E-state index in [-0.39, 0.29) is 11.9 Å². The van der Waals surface area contributed by atoms with Gasteiger partial charge in [0.1, 0.15) is 11.6 Å². The molecule has 1 aromatic heterocycles. The van der Waals surface area contributed by atoms with E-state index in [0.29, 0.717) is 28.3 Å². The molecule has 2 atom stereocenters. The lowest BCUT2D eigenvalue weighted by molar-refractivity contribution is -0.118. The van der Waals surface area contributed by atoms with Crippen molar-refractivity contribution in [2.75, 3.05) is 42.9 Å². The number of nitrogens with zero attached hydrogens (tertiary/aromatic N) is 4. The monoisotopic (exact) mass is 490 g/mol. The summed E-state index contributed by atoms with van der Waals surface area (Å²) in [7, 11) is 0. The zero-order chi connectivity index (χ0) is 23.4. The first-order valence-electron chi connectivity index (χ1n) is 11.7. The summed E-state index contributed by atoms with van der Waals surface area (Å²) in [6.07, 6.45) is 7.40. The van der Waals surface area contributed by atoms with E-state index in [0.717, 1.165) is 56.3 Å². The zero-order valence-corrected chi connectivity index (χ0v) is 20.5. The third-order valence-corrected chi connectivity index (χ3v) is 7.32. The average Bonchev–Trinajstić information content (AvgIpc) is 2.73. The second-order valence-corrected chi connectivity index (χ2v) is 10.1. The molecule has 178 valence electrons. The van der Waals surface area contributed by atoms with Gasteiger partial charge in [-0.25, -0.2) is 4.98 Å². The number of nitrogens with one attached hydrogen (secondary N) is 1. The number of rotatable bonds is 9. The maximum absolute atomic E-state index is 11.0. The maximum atomic E-state index is 11.0. The van der Waals surface area contributed by atoms with Gasteiger partial charge in [-0.2, -0.15) is 0 Å². The van der Waals surface area contributed by atoms with E-state index >= 15 is 0 Å². The van der Waals surface area contributed by atoms with Crippen molar-refractivity contribution in [3.8, 4) is 0 Å². The number of anilines is 2. The fraction of sp³-hybridized carbons (Fsp3) is 0.542. The van der Waals surface area contributed by atoms with Crippen molar-refractivity contribution in [3.63, 3.8) is 0 Å². The van der Waals surface area contributed by atoms with Gasteiger partial charge < -0.3 is 20.9 Å². The van der Waals surface area contributed by atoms with E-state index in [9.17, 15) is 4.79 Å². The van der Waals surface area contributed by atoms with Crippen LogP contribution < -0.4 is 16.0 Å². The molecule has 7 nitrogen and oxygen atoms in total. The van der Waals surface area contributed by atoms with Gasteiger partial charge in [-0.3, -0.25) is 9.78 Å². The molecular weight excluding hydrogens is 459 g/mol. The highest BCUT2D eigenvalue weighted by Crippen LogP contribution is 2.34. The number of nitrogens with two attached hydrogens (primary N) is 1. The molecule has 0 radical (unpaired) electrons. The number of carbonyl (C=O) groups is 1. The smallest absolute Gasteiger partial charge is 0.217 e. The summed E-state index contributed by atoms with van der Waals surface area (Å²) in [6, 6.07) is 5.50. The van der Waals surface area contributed by atoms with E-state index in [4.69, 9.17) is 33.9 Å². The number of likely N-dealkylation sites (tertiary alicyclic amines) is 1. The number of benzene rings is 1. The lowest BCUT2D eigenvalue weighted by atomic mass is 9.80. The standard InChI is InChI=1S/C24H32Cl2N6O/c1-16(20-7-6-19(25)10-21(20)26)29-23-11-28-12-24(30-23)32-14-18(15-32)17-4-2-8-31(13-17)9-3-5-22(27)33/h6-7,10-12,16-18H,2-5,8-9,13-15H2,1H3,(H2,27,33)(H,29,30)/t16-,17-/m1/s1. The Hall–Kier alpha value is -2.09. The van der Waals surface area contributed by atoms with Crippen molar-refractivity contribution in [3.05, 3.63) is 46.2 Å². The summed E-state index contributed by atoms with van der Waals surface area (Å²) < 4.78 is 0. The highest BCUT2D eigenvalue weighted by Gasteiger charge is 2.36. The van der Waals surface area contributed by atoms with Crippen LogP contribution in [0.5, 0.6) is 0 Å². The third-order valence-electron chi connectivity index (χ3n) is 6.76. The SMILES string of the molecule is C[C@@H](Nc1cncc(N2CC([C@@H]3CCCN(CCCC(N)=O)C3)C2)n1)c1ccc(Cl)cc1Cl. The third kappa shape index (κ3) is 6.28. The van der Waals surface area contributed by atoms with Crippen molar-refractivity contribution < 1.29 is 4.79 Å². The molecule has 0 aliphatic carbocycles. The van der Waals surface area contributed by atoms with E-state index in [1.807, 2.05) is 25.3 Å². The fourth-order valence-electron chi connectivity index (χ4n) is 4.88. The quantitative estimate of drug-likeness (QED) is 0.542. The second-order valence-electron chi connectivity index (χ2n) is 9.23. The zero-order valence-electron chi connectivity index (χ0n) is 19.0. The summed E-state index contributed by atoms with van der Waals surface area (Å²) in [5.41, 5.74) is 6.24. The number of piperidine rings is 1. The van der Waals surface area contributed by atoms with Crippen molar-refractivity contribution in [2.45, 2.75) is 38.6 Å². The van der Waals surface area contributed by atoms with Gasteiger partial charge in [0.05, 0.1) is 18.4 Å². The molecule has 1 amide bonds. The first kappa shape index (κ1) is 24.0.